The van der Waals surface area contributed by atoms with Gasteiger partial charge in [-0.15, -0.1) is 0 Å². The highest BCUT2D eigenvalue weighted by atomic mass is 16.3. The summed E-state index contributed by atoms with van der Waals surface area (Å²) in [6.45, 7) is 1.71. The SMILES string of the molecule is CN(CC(=O)NCc1ccc(N(C)C)cc1)CC1CCCC1O. The second-order valence-corrected chi connectivity index (χ2v) is 6.79. The largest absolute Gasteiger partial charge is 0.393 e. The number of hydrogen-bond acceptors (Lipinski definition) is 4. The molecule has 0 heterocycles. The first kappa shape index (κ1) is 17.8. The molecule has 0 aromatic heterocycles. The summed E-state index contributed by atoms with van der Waals surface area (Å²) in [5, 5.41) is 12.8. The van der Waals surface area contributed by atoms with Crippen LogP contribution in [-0.2, 0) is 11.3 Å². The number of nitrogens with zero attached hydrogens (tertiary/aromatic N) is 2. The number of rotatable bonds is 7. The molecule has 1 aliphatic rings. The topological polar surface area (TPSA) is 55.8 Å². The van der Waals surface area contributed by atoms with Crippen molar-refractivity contribution in [3.63, 3.8) is 0 Å². The number of anilines is 1. The molecule has 1 fully saturated rings. The first-order chi connectivity index (χ1) is 11.0. The number of carbonyl (C=O) groups is 1. The van der Waals surface area contributed by atoms with Crippen LogP contribution < -0.4 is 10.2 Å². The maximum Gasteiger partial charge on any atom is 0.234 e. The molecule has 2 unspecified atom stereocenters. The zero-order valence-electron chi connectivity index (χ0n) is 14.5. The minimum atomic E-state index is -0.198. The second-order valence-electron chi connectivity index (χ2n) is 6.79. The molecular formula is C18H29N3O2. The Morgan fingerprint density at radius 1 is 1.22 bits per heavy atom. The highest BCUT2D eigenvalue weighted by molar-refractivity contribution is 5.78. The number of nitrogens with one attached hydrogen (secondary N) is 1. The number of likely N-dealkylation sites (N-methyl/N-ethyl adjacent to an activating group) is 1. The highest BCUT2D eigenvalue weighted by Crippen LogP contribution is 2.25. The minimum Gasteiger partial charge on any atom is -0.393 e. The van der Waals surface area contributed by atoms with Gasteiger partial charge in [0.15, 0.2) is 0 Å². The molecule has 1 aromatic carbocycles. The summed E-state index contributed by atoms with van der Waals surface area (Å²) in [6, 6.07) is 8.17. The molecule has 1 aliphatic carbocycles. The molecule has 0 radical (unpaired) electrons. The molecule has 0 spiro atoms. The Morgan fingerprint density at radius 2 is 1.91 bits per heavy atom. The minimum absolute atomic E-state index is 0.0247. The monoisotopic (exact) mass is 319 g/mol. The van der Waals surface area contributed by atoms with Gasteiger partial charge in [-0.05, 0) is 43.5 Å². The van der Waals surface area contributed by atoms with E-state index in [1.807, 2.05) is 38.2 Å². The Kier molecular flexibility index (Phi) is 6.42. The van der Waals surface area contributed by atoms with E-state index >= 15 is 0 Å². The maximum atomic E-state index is 12.0. The van der Waals surface area contributed by atoms with Crippen LogP contribution in [0.1, 0.15) is 24.8 Å². The van der Waals surface area contributed by atoms with Gasteiger partial charge in [-0.25, -0.2) is 0 Å². The molecule has 5 heteroatoms. The van der Waals surface area contributed by atoms with Crippen molar-refractivity contribution in [2.24, 2.45) is 5.92 Å². The lowest BCUT2D eigenvalue weighted by atomic mass is 10.1. The molecule has 1 amide bonds. The molecule has 128 valence electrons. The van der Waals surface area contributed by atoms with Crippen molar-refractivity contribution in [1.29, 1.82) is 0 Å². The molecule has 0 bridgehead atoms. The van der Waals surface area contributed by atoms with Crippen LogP contribution in [0.3, 0.4) is 0 Å². The van der Waals surface area contributed by atoms with E-state index in [4.69, 9.17) is 0 Å². The van der Waals surface area contributed by atoms with Gasteiger partial charge in [0.1, 0.15) is 0 Å². The molecule has 0 saturated heterocycles. The van der Waals surface area contributed by atoms with E-state index in [-0.39, 0.29) is 12.0 Å². The fourth-order valence-electron chi connectivity index (χ4n) is 3.11. The molecule has 0 aliphatic heterocycles. The third-order valence-corrected chi connectivity index (χ3v) is 4.52. The van der Waals surface area contributed by atoms with E-state index in [2.05, 4.69) is 22.3 Å². The van der Waals surface area contributed by atoms with Gasteiger partial charge in [-0.1, -0.05) is 18.6 Å². The summed E-state index contributed by atoms with van der Waals surface area (Å²) in [5.41, 5.74) is 2.24. The third kappa shape index (κ3) is 5.52. The van der Waals surface area contributed by atoms with E-state index in [1.165, 1.54) is 0 Å². The van der Waals surface area contributed by atoms with Crippen molar-refractivity contribution in [1.82, 2.24) is 10.2 Å². The number of aliphatic hydroxyl groups is 1. The van der Waals surface area contributed by atoms with Crippen LogP contribution in [0, 0.1) is 5.92 Å². The molecule has 5 nitrogen and oxygen atoms in total. The highest BCUT2D eigenvalue weighted by Gasteiger charge is 2.26. The number of carbonyl (C=O) groups excluding carboxylic acids is 1. The average molecular weight is 319 g/mol. The fourth-order valence-corrected chi connectivity index (χ4v) is 3.11. The first-order valence-electron chi connectivity index (χ1n) is 8.35. The van der Waals surface area contributed by atoms with Crippen LogP contribution in [0.25, 0.3) is 0 Å². The van der Waals surface area contributed by atoms with Crippen LogP contribution in [0.15, 0.2) is 24.3 Å². The van der Waals surface area contributed by atoms with Gasteiger partial charge in [-0.2, -0.15) is 0 Å². The molecule has 1 aromatic rings. The standard InChI is InChI=1S/C18H29N3O2/c1-20(2)16-9-7-14(8-10-16)11-19-18(23)13-21(3)12-15-5-4-6-17(15)22/h7-10,15,17,22H,4-6,11-13H2,1-3H3,(H,19,23). The van der Waals surface area contributed by atoms with Crippen LogP contribution in [0.5, 0.6) is 0 Å². The molecular weight excluding hydrogens is 290 g/mol. The van der Waals surface area contributed by atoms with E-state index < -0.39 is 0 Å². The lowest BCUT2D eigenvalue weighted by Crippen LogP contribution is -2.38. The van der Waals surface area contributed by atoms with E-state index in [0.29, 0.717) is 19.0 Å². The number of hydrogen-bond donors (Lipinski definition) is 2. The van der Waals surface area contributed by atoms with Crippen molar-refractivity contribution in [3.8, 4) is 0 Å². The van der Waals surface area contributed by atoms with E-state index in [1.54, 1.807) is 0 Å². The summed E-state index contributed by atoms with van der Waals surface area (Å²) in [6.07, 6.45) is 2.85. The predicted octanol–water partition coefficient (Wildman–Crippen LogP) is 1.46. The maximum absolute atomic E-state index is 12.0. The summed E-state index contributed by atoms with van der Waals surface area (Å²) in [4.78, 5) is 16.1. The van der Waals surface area contributed by atoms with Gasteiger partial charge >= 0.3 is 0 Å². The van der Waals surface area contributed by atoms with E-state index in [0.717, 1.165) is 37.1 Å². The van der Waals surface area contributed by atoms with Gasteiger partial charge in [-0.3, -0.25) is 9.69 Å². The van der Waals surface area contributed by atoms with Crippen molar-refractivity contribution in [2.75, 3.05) is 39.1 Å². The predicted molar refractivity (Wildman–Crippen MR) is 93.5 cm³/mol. The Labute approximate surface area is 139 Å². The van der Waals surface area contributed by atoms with Gasteiger partial charge in [0, 0.05) is 32.9 Å². The van der Waals surface area contributed by atoms with Gasteiger partial charge in [0.25, 0.3) is 0 Å². The van der Waals surface area contributed by atoms with Gasteiger partial charge < -0.3 is 15.3 Å². The molecule has 2 atom stereocenters. The van der Waals surface area contributed by atoms with Crippen molar-refractivity contribution < 1.29 is 9.90 Å². The van der Waals surface area contributed by atoms with Crippen molar-refractivity contribution in [3.05, 3.63) is 29.8 Å². The lowest BCUT2D eigenvalue weighted by molar-refractivity contribution is -0.122. The Balaban J connectivity index is 1.71. The first-order valence-corrected chi connectivity index (χ1v) is 8.35. The summed E-state index contributed by atoms with van der Waals surface area (Å²) < 4.78 is 0. The van der Waals surface area contributed by atoms with Gasteiger partial charge in [0.2, 0.25) is 5.91 Å². The molecule has 2 N–H and O–H groups in total. The Hall–Kier alpha value is -1.59. The Morgan fingerprint density at radius 3 is 2.48 bits per heavy atom. The summed E-state index contributed by atoms with van der Waals surface area (Å²) in [5.74, 6) is 0.336. The molecule has 2 rings (SSSR count). The fraction of sp³-hybridized carbons (Fsp3) is 0.611. The van der Waals surface area contributed by atoms with Crippen LogP contribution in [-0.4, -0.2) is 56.3 Å². The second kappa shape index (κ2) is 8.31. The normalized spacial score (nSPS) is 20.7. The summed E-state index contributed by atoms with van der Waals surface area (Å²) in [7, 11) is 5.96. The van der Waals surface area contributed by atoms with Crippen molar-refractivity contribution >= 4 is 11.6 Å². The van der Waals surface area contributed by atoms with Crippen LogP contribution in [0.4, 0.5) is 5.69 Å². The molecule has 1 saturated carbocycles. The van der Waals surface area contributed by atoms with Crippen LogP contribution >= 0.6 is 0 Å². The Bertz CT molecular complexity index is 501. The van der Waals surface area contributed by atoms with Crippen LogP contribution in [0.2, 0.25) is 0 Å². The molecule has 23 heavy (non-hydrogen) atoms. The number of benzene rings is 1. The van der Waals surface area contributed by atoms with E-state index in [9.17, 15) is 9.90 Å². The zero-order valence-corrected chi connectivity index (χ0v) is 14.5. The number of aliphatic hydroxyl groups excluding tert-OH is 1. The zero-order chi connectivity index (χ0) is 16.8. The smallest absolute Gasteiger partial charge is 0.234 e. The van der Waals surface area contributed by atoms with Gasteiger partial charge in [0.05, 0.1) is 12.6 Å². The quantitative estimate of drug-likeness (QED) is 0.799. The summed E-state index contributed by atoms with van der Waals surface area (Å²) >= 11 is 0. The number of amides is 1. The lowest BCUT2D eigenvalue weighted by Gasteiger charge is -2.22. The third-order valence-electron chi connectivity index (χ3n) is 4.52. The van der Waals surface area contributed by atoms with Crippen molar-refractivity contribution in [2.45, 2.75) is 31.9 Å². The average Bonchev–Trinajstić information content (AvgIpc) is 2.90.